The van der Waals surface area contributed by atoms with Crippen molar-refractivity contribution in [2.75, 3.05) is 31.4 Å². The molecule has 0 spiro atoms. The van der Waals surface area contributed by atoms with Crippen LogP contribution < -0.4 is 20.1 Å². The van der Waals surface area contributed by atoms with Gasteiger partial charge in [-0.25, -0.2) is 0 Å². The van der Waals surface area contributed by atoms with E-state index in [0.717, 1.165) is 11.3 Å². The van der Waals surface area contributed by atoms with Gasteiger partial charge in [-0.2, -0.15) is 0 Å². The maximum Gasteiger partial charge on any atom is 0.227 e. The van der Waals surface area contributed by atoms with Gasteiger partial charge in [0.2, 0.25) is 5.91 Å². The first-order valence-corrected chi connectivity index (χ1v) is 7.96. The molecule has 2 rings (SSSR count). The molecule has 0 radical (unpaired) electrons. The van der Waals surface area contributed by atoms with Gasteiger partial charge in [0, 0.05) is 30.4 Å². The van der Waals surface area contributed by atoms with Gasteiger partial charge in [0.15, 0.2) is 11.5 Å². The largest absolute Gasteiger partial charge is 0.493 e. The van der Waals surface area contributed by atoms with Gasteiger partial charge in [0.05, 0.1) is 14.2 Å². The van der Waals surface area contributed by atoms with Crippen LogP contribution in [-0.4, -0.2) is 26.7 Å². The Labute approximate surface area is 143 Å². The molecule has 0 bridgehead atoms. The van der Waals surface area contributed by atoms with E-state index < -0.39 is 0 Å². The fraction of sp³-hybridized carbons (Fsp3) is 0.316. The van der Waals surface area contributed by atoms with Crippen LogP contribution in [0.25, 0.3) is 0 Å². The van der Waals surface area contributed by atoms with Gasteiger partial charge in [-0.3, -0.25) is 4.79 Å². The first-order valence-electron chi connectivity index (χ1n) is 7.96. The van der Waals surface area contributed by atoms with E-state index in [9.17, 15) is 4.79 Å². The molecule has 0 aliphatic heterocycles. The van der Waals surface area contributed by atoms with Crippen LogP contribution >= 0.6 is 0 Å². The van der Waals surface area contributed by atoms with E-state index in [1.165, 1.54) is 0 Å². The topological polar surface area (TPSA) is 64.8 Å². The molecule has 0 aromatic heterocycles. The predicted octanol–water partition coefficient (Wildman–Crippen LogP) is 3.27. The Bertz CT molecular complexity index is 687. The standard InChI is InChI=1S/C19H24N2O3/c1-4-21(15-8-6-5-7-9-15)19(22)11-10-14-12-17(23-2)18(24-3)13-16(14)20/h5-9,12-13H,4,10-11,20H2,1-3H3. The van der Waals surface area contributed by atoms with E-state index in [2.05, 4.69) is 0 Å². The summed E-state index contributed by atoms with van der Waals surface area (Å²) in [5.41, 5.74) is 8.45. The molecule has 0 saturated carbocycles. The lowest BCUT2D eigenvalue weighted by Crippen LogP contribution is -2.30. The number of nitrogens with zero attached hydrogens (tertiary/aromatic N) is 1. The number of anilines is 2. The van der Waals surface area contributed by atoms with Crippen molar-refractivity contribution in [1.82, 2.24) is 0 Å². The van der Waals surface area contributed by atoms with E-state index in [-0.39, 0.29) is 5.91 Å². The Hall–Kier alpha value is -2.69. The maximum absolute atomic E-state index is 12.6. The number of nitrogens with two attached hydrogens (primary N) is 1. The minimum Gasteiger partial charge on any atom is -0.493 e. The van der Waals surface area contributed by atoms with Gasteiger partial charge in [0.25, 0.3) is 0 Å². The zero-order chi connectivity index (χ0) is 17.5. The van der Waals surface area contributed by atoms with Crippen LogP contribution in [-0.2, 0) is 11.2 Å². The van der Waals surface area contributed by atoms with Crippen LogP contribution in [0, 0.1) is 0 Å². The Kier molecular flexibility index (Phi) is 6.07. The normalized spacial score (nSPS) is 10.3. The second-order valence-electron chi connectivity index (χ2n) is 5.38. The number of nitrogen functional groups attached to an aromatic ring is 1. The Morgan fingerprint density at radius 1 is 1.08 bits per heavy atom. The van der Waals surface area contributed by atoms with Crippen LogP contribution in [0.3, 0.4) is 0 Å². The third-order valence-corrected chi connectivity index (χ3v) is 3.94. The number of rotatable bonds is 7. The number of amides is 1. The van der Waals surface area contributed by atoms with Crippen molar-refractivity contribution in [3.63, 3.8) is 0 Å². The minimum atomic E-state index is 0.0675. The molecular formula is C19H24N2O3. The number of hydrogen-bond donors (Lipinski definition) is 1. The zero-order valence-electron chi connectivity index (χ0n) is 14.4. The quantitative estimate of drug-likeness (QED) is 0.792. The summed E-state index contributed by atoms with van der Waals surface area (Å²) in [5.74, 6) is 1.27. The number of para-hydroxylation sites is 1. The van der Waals surface area contributed by atoms with Gasteiger partial charge in [-0.05, 0) is 37.1 Å². The highest BCUT2D eigenvalue weighted by atomic mass is 16.5. The molecule has 5 heteroatoms. The molecular weight excluding hydrogens is 304 g/mol. The van der Waals surface area contributed by atoms with E-state index in [0.29, 0.717) is 36.6 Å². The molecule has 0 atom stereocenters. The number of hydrogen-bond acceptors (Lipinski definition) is 4. The van der Waals surface area contributed by atoms with Crippen molar-refractivity contribution in [1.29, 1.82) is 0 Å². The monoisotopic (exact) mass is 328 g/mol. The fourth-order valence-corrected chi connectivity index (χ4v) is 2.64. The molecule has 0 saturated heterocycles. The predicted molar refractivity (Wildman–Crippen MR) is 96.7 cm³/mol. The molecule has 0 unspecified atom stereocenters. The summed E-state index contributed by atoms with van der Waals surface area (Å²) in [6.07, 6.45) is 0.927. The molecule has 0 aliphatic carbocycles. The van der Waals surface area contributed by atoms with Crippen LogP contribution in [0.4, 0.5) is 11.4 Å². The number of carbonyl (C=O) groups excluding carboxylic acids is 1. The Balaban J connectivity index is 2.11. The van der Waals surface area contributed by atoms with Crippen LogP contribution in [0.5, 0.6) is 11.5 Å². The number of ether oxygens (including phenoxy) is 2. The second-order valence-corrected chi connectivity index (χ2v) is 5.38. The average Bonchev–Trinajstić information content (AvgIpc) is 2.61. The van der Waals surface area contributed by atoms with Crippen LogP contribution in [0.1, 0.15) is 18.9 Å². The van der Waals surface area contributed by atoms with Gasteiger partial charge < -0.3 is 20.1 Å². The van der Waals surface area contributed by atoms with E-state index in [4.69, 9.17) is 15.2 Å². The highest BCUT2D eigenvalue weighted by molar-refractivity contribution is 5.93. The van der Waals surface area contributed by atoms with E-state index >= 15 is 0 Å². The lowest BCUT2D eigenvalue weighted by atomic mass is 10.1. The fourth-order valence-electron chi connectivity index (χ4n) is 2.64. The van der Waals surface area contributed by atoms with Gasteiger partial charge in [-0.15, -0.1) is 0 Å². The third-order valence-electron chi connectivity index (χ3n) is 3.94. The maximum atomic E-state index is 12.6. The van der Waals surface area contributed by atoms with E-state index in [1.54, 1.807) is 25.2 Å². The summed E-state index contributed by atoms with van der Waals surface area (Å²) in [6.45, 7) is 2.60. The van der Waals surface area contributed by atoms with Crippen molar-refractivity contribution in [2.45, 2.75) is 19.8 Å². The third kappa shape index (κ3) is 3.98. The molecule has 5 nitrogen and oxygen atoms in total. The number of carbonyl (C=O) groups is 1. The summed E-state index contributed by atoms with van der Waals surface area (Å²) in [4.78, 5) is 14.3. The minimum absolute atomic E-state index is 0.0675. The SMILES string of the molecule is CCN(C(=O)CCc1cc(OC)c(OC)cc1N)c1ccccc1. The van der Waals surface area contributed by atoms with Crippen molar-refractivity contribution in [2.24, 2.45) is 0 Å². The second kappa shape index (κ2) is 8.24. The van der Waals surface area contributed by atoms with E-state index in [1.807, 2.05) is 43.3 Å². The summed E-state index contributed by atoms with van der Waals surface area (Å²) < 4.78 is 10.5. The average molecular weight is 328 g/mol. The molecule has 0 fully saturated rings. The van der Waals surface area contributed by atoms with Crippen molar-refractivity contribution in [3.8, 4) is 11.5 Å². The van der Waals surface area contributed by atoms with Crippen molar-refractivity contribution >= 4 is 17.3 Å². The molecule has 24 heavy (non-hydrogen) atoms. The highest BCUT2D eigenvalue weighted by Crippen LogP contribution is 2.32. The van der Waals surface area contributed by atoms with Crippen molar-refractivity contribution < 1.29 is 14.3 Å². The first kappa shape index (κ1) is 17.7. The summed E-state index contributed by atoms with van der Waals surface area (Å²) in [6, 6.07) is 13.2. The lowest BCUT2D eigenvalue weighted by Gasteiger charge is -2.21. The summed E-state index contributed by atoms with van der Waals surface area (Å²) in [7, 11) is 3.15. The zero-order valence-corrected chi connectivity index (χ0v) is 14.4. The molecule has 2 aromatic carbocycles. The van der Waals surface area contributed by atoms with Crippen molar-refractivity contribution in [3.05, 3.63) is 48.0 Å². The number of aryl methyl sites for hydroxylation is 1. The smallest absolute Gasteiger partial charge is 0.227 e. The Morgan fingerprint density at radius 2 is 1.71 bits per heavy atom. The summed E-state index contributed by atoms with van der Waals surface area (Å²) in [5, 5.41) is 0. The Morgan fingerprint density at radius 3 is 2.29 bits per heavy atom. The molecule has 0 heterocycles. The van der Waals surface area contributed by atoms with Gasteiger partial charge in [-0.1, -0.05) is 18.2 Å². The molecule has 2 N–H and O–H groups in total. The lowest BCUT2D eigenvalue weighted by molar-refractivity contribution is -0.118. The number of benzene rings is 2. The molecule has 128 valence electrons. The molecule has 2 aromatic rings. The highest BCUT2D eigenvalue weighted by Gasteiger charge is 2.15. The number of methoxy groups -OCH3 is 2. The first-order chi connectivity index (χ1) is 11.6. The van der Waals surface area contributed by atoms with Gasteiger partial charge >= 0.3 is 0 Å². The van der Waals surface area contributed by atoms with Gasteiger partial charge in [0.1, 0.15) is 0 Å². The van der Waals surface area contributed by atoms with Crippen LogP contribution in [0.15, 0.2) is 42.5 Å². The molecule has 0 aliphatic rings. The summed E-state index contributed by atoms with van der Waals surface area (Å²) >= 11 is 0. The van der Waals surface area contributed by atoms with Crippen LogP contribution in [0.2, 0.25) is 0 Å². The molecule has 1 amide bonds.